The average molecular weight is 501 g/mol. The van der Waals surface area contributed by atoms with Gasteiger partial charge in [-0.25, -0.2) is 0 Å². The molecule has 1 aromatic heterocycles. The maximum Gasteiger partial charge on any atom is 0.417 e. The number of hydrogen-bond acceptors (Lipinski definition) is 6. The highest BCUT2D eigenvalue weighted by atomic mass is 19.4. The molecule has 36 heavy (non-hydrogen) atoms. The number of aromatic nitrogens is 1. The molecule has 1 saturated heterocycles. The standard InChI is InChI=1S/C27H27F3N2O4/c1-13(2)21-19-20(18-17(33)10-25(5-6-25)24(34)22(18)32-21)26(7-8-35-12-26)36-23(19)14-3-4-16(27(28,29)30)15(9-14)11-31/h3-4,9,13,17,23-24,33-34H,5-8,10,12H2,1-2H3. The van der Waals surface area contributed by atoms with Gasteiger partial charge in [-0.3, -0.25) is 4.98 Å². The van der Waals surface area contributed by atoms with Crippen LogP contribution in [0.15, 0.2) is 18.2 Å². The second-order valence-corrected chi connectivity index (χ2v) is 10.9. The van der Waals surface area contributed by atoms with Gasteiger partial charge in [-0.15, -0.1) is 0 Å². The minimum atomic E-state index is -4.65. The number of aliphatic hydroxyl groups excluding tert-OH is 2. The molecule has 2 spiro atoms. The van der Waals surface area contributed by atoms with Gasteiger partial charge in [0.15, 0.2) is 0 Å². The predicted molar refractivity (Wildman–Crippen MR) is 121 cm³/mol. The summed E-state index contributed by atoms with van der Waals surface area (Å²) >= 11 is 0. The van der Waals surface area contributed by atoms with Crippen molar-refractivity contribution < 1.29 is 32.9 Å². The van der Waals surface area contributed by atoms with E-state index in [2.05, 4.69) is 0 Å². The van der Waals surface area contributed by atoms with E-state index in [9.17, 15) is 28.6 Å². The molecule has 2 aliphatic carbocycles. The maximum absolute atomic E-state index is 13.5. The quantitative estimate of drug-likeness (QED) is 0.597. The Balaban J connectivity index is 1.60. The number of nitrogens with zero attached hydrogens (tertiary/aromatic N) is 2. The molecule has 2 fully saturated rings. The predicted octanol–water partition coefficient (Wildman–Crippen LogP) is 5.08. The molecule has 1 saturated carbocycles. The van der Waals surface area contributed by atoms with Crippen molar-refractivity contribution in [1.82, 2.24) is 4.98 Å². The van der Waals surface area contributed by atoms with Crippen LogP contribution in [0.5, 0.6) is 0 Å². The topological polar surface area (TPSA) is 95.6 Å². The summed E-state index contributed by atoms with van der Waals surface area (Å²) in [6.07, 6.45) is -4.48. The second kappa shape index (κ2) is 7.75. The van der Waals surface area contributed by atoms with Crippen molar-refractivity contribution in [3.8, 4) is 6.07 Å². The van der Waals surface area contributed by atoms with Crippen LogP contribution in [0.25, 0.3) is 0 Å². The number of rotatable bonds is 2. The van der Waals surface area contributed by atoms with Crippen LogP contribution in [0.4, 0.5) is 13.2 Å². The molecule has 0 bridgehead atoms. The van der Waals surface area contributed by atoms with Gasteiger partial charge >= 0.3 is 6.18 Å². The van der Waals surface area contributed by atoms with Crippen LogP contribution >= 0.6 is 0 Å². The Morgan fingerprint density at radius 3 is 2.50 bits per heavy atom. The Labute approximate surface area is 206 Å². The van der Waals surface area contributed by atoms with Crippen LogP contribution in [0, 0.1) is 16.7 Å². The minimum absolute atomic E-state index is 0.0843. The first kappa shape index (κ1) is 23.9. The first-order valence-electron chi connectivity index (χ1n) is 12.3. The summed E-state index contributed by atoms with van der Waals surface area (Å²) in [6.45, 7) is 4.59. The van der Waals surface area contributed by atoms with E-state index in [0.29, 0.717) is 47.5 Å². The summed E-state index contributed by atoms with van der Waals surface area (Å²) in [5, 5.41) is 32.1. The Morgan fingerprint density at radius 1 is 1.17 bits per heavy atom. The lowest BCUT2D eigenvalue weighted by Crippen LogP contribution is -2.33. The summed E-state index contributed by atoms with van der Waals surface area (Å²) in [4.78, 5) is 4.91. The van der Waals surface area contributed by atoms with Gasteiger partial charge in [-0.2, -0.15) is 18.4 Å². The molecule has 0 amide bonds. The van der Waals surface area contributed by atoms with Crippen molar-refractivity contribution in [1.29, 1.82) is 5.26 Å². The molecule has 1 aromatic carbocycles. The third-order valence-electron chi connectivity index (χ3n) is 8.36. The first-order chi connectivity index (χ1) is 17.0. The zero-order valence-corrected chi connectivity index (χ0v) is 20.0. The van der Waals surface area contributed by atoms with Gasteiger partial charge in [-0.1, -0.05) is 19.9 Å². The molecular formula is C27H27F3N2O4. The van der Waals surface area contributed by atoms with E-state index in [1.807, 2.05) is 13.8 Å². The van der Waals surface area contributed by atoms with E-state index in [1.54, 1.807) is 6.07 Å². The average Bonchev–Trinajstić information content (AvgIpc) is 3.31. The highest BCUT2D eigenvalue weighted by molar-refractivity contribution is 5.56. The highest BCUT2D eigenvalue weighted by Crippen LogP contribution is 2.65. The Morgan fingerprint density at radius 2 is 1.92 bits per heavy atom. The fourth-order valence-corrected chi connectivity index (χ4v) is 6.40. The van der Waals surface area contributed by atoms with Gasteiger partial charge in [0.1, 0.15) is 17.8 Å². The zero-order chi connectivity index (χ0) is 25.6. The molecule has 6 nitrogen and oxygen atoms in total. The summed E-state index contributed by atoms with van der Waals surface area (Å²) in [5.41, 5.74) is 0.862. The number of benzene rings is 1. The third kappa shape index (κ3) is 3.28. The fourth-order valence-electron chi connectivity index (χ4n) is 6.40. The van der Waals surface area contributed by atoms with E-state index in [4.69, 9.17) is 14.5 Å². The smallest absolute Gasteiger partial charge is 0.388 e. The Hall–Kier alpha value is -2.51. The molecule has 0 radical (unpaired) electrons. The van der Waals surface area contributed by atoms with Crippen LogP contribution in [0.1, 0.15) is 109 Å². The monoisotopic (exact) mass is 500 g/mol. The molecule has 4 aliphatic rings. The van der Waals surface area contributed by atoms with E-state index in [-0.39, 0.29) is 17.9 Å². The SMILES string of the molecule is CC(C)c1nc2c(c3c1C(c1ccc(C(F)(F)F)c(C#N)c1)OC31CCOC1)C(O)CC1(CC1)C2O. The first-order valence-corrected chi connectivity index (χ1v) is 12.3. The number of hydrogen-bond donors (Lipinski definition) is 2. The lowest BCUT2D eigenvalue weighted by molar-refractivity contribution is -0.137. The van der Waals surface area contributed by atoms with E-state index in [0.717, 1.165) is 24.5 Å². The van der Waals surface area contributed by atoms with Crippen LogP contribution in [-0.4, -0.2) is 28.4 Å². The van der Waals surface area contributed by atoms with Crippen molar-refractivity contribution >= 4 is 0 Å². The molecule has 2 N–H and O–H groups in total. The molecule has 190 valence electrons. The number of pyridine rings is 1. The number of aliphatic hydroxyl groups is 2. The number of ether oxygens (including phenoxy) is 2. The molecule has 2 aliphatic heterocycles. The number of nitriles is 1. The van der Waals surface area contributed by atoms with Gasteiger partial charge in [-0.05, 0) is 42.9 Å². The summed E-state index contributed by atoms with van der Waals surface area (Å²) in [7, 11) is 0. The molecule has 4 unspecified atom stereocenters. The minimum Gasteiger partial charge on any atom is -0.388 e. The van der Waals surface area contributed by atoms with Crippen molar-refractivity contribution in [3.05, 3.63) is 63.0 Å². The third-order valence-corrected chi connectivity index (χ3v) is 8.36. The zero-order valence-electron chi connectivity index (χ0n) is 20.0. The molecule has 6 rings (SSSR count). The molecule has 2 aromatic rings. The number of halogens is 3. The molecule has 3 heterocycles. The van der Waals surface area contributed by atoms with E-state index >= 15 is 0 Å². The summed E-state index contributed by atoms with van der Waals surface area (Å²) in [6, 6.07) is 5.18. The van der Waals surface area contributed by atoms with Crippen LogP contribution < -0.4 is 0 Å². The normalized spacial score (nSPS) is 30.0. The van der Waals surface area contributed by atoms with Crippen molar-refractivity contribution in [2.45, 2.75) is 75.5 Å². The van der Waals surface area contributed by atoms with Crippen LogP contribution in [0.2, 0.25) is 0 Å². The number of alkyl halides is 3. The summed E-state index contributed by atoms with van der Waals surface area (Å²) in [5.74, 6) is -0.0843. The maximum atomic E-state index is 13.5. The summed E-state index contributed by atoms with van der Waals surface area (Å²) < 4.78 is 52.8. The number of fused-ring (bicyclic) bond motifs is 4. The van der Waals surface area contributed by atoms with E-state index < -0.39 is 41.2 Å². The molecule has 4 atom stereocenters. The Kier molecular flexibility index (Phi) is 5.13. The van der Waals surface area contributed by atoms with Gasteiger partial charge in [0.2, 0.25) is 0 Å². The van der Waals surface area contributed by atoms with Crippen LogP contribution in [0.3, 0.4) is 0 Å². The van der Waals surface area contributed by atoms with Gasteiger partial charge in [0.25, 0.3) is 0 Å². The van der Waals surface area contributed by atoms with Crippen molar-refractivity contribution in [3.63, 3.8) is 0 Å². The van der Waals surface area contributed by atoms with Gasteiger partial charge in [0, 0.05) is 40.8 Å². The van der Waals surface area contributed by atoms with Crippen molar-refractivity contribution in [2.75, 3.05) is 13.2 Å². The Bertz CT molecular complexity index is 1290. The molecular weight excluding hydrogens is 473 g/mol. The van der Waals surface area contributed by atoms with Crippen molar-refractivity contribution in [2.24, 2.45) is 5.41 Å². The van der Waals surface area contributed by atoms with E-state index in [1.165, 1.54) is 12.1 Å². The highest BCUT2D eigenvalue weighted by Gasteiger charge is 2.59. The molecule has 9 heteroatoms. The largest absolute Gasteiger partial charge is 0.417 e. The lowest BCUT2D eigenvalue weighted by Gasteiger charge is -2.37. The fraction of sp³-hybridized carbons (Fsp3) is 0.556. The second-order valence-electron chi connectivity index (χ2n) is 10.9. The lowest BCUT2D eigenvalue weighted by atomic mass is 9.73. The van der Waals surface area contributed by atoms with Crippen LogP contribution in [-0.2, 0) is 21.3 Å². The van der Waals surface area contributed by atoms with Gasteiger partial charge in [0.05, 0.1) is 35.6 Å². The van der Waals surface area contributed by atoms with Gasteiger partial charge < -0.3 is 19.7 Å².